The number of hydrogen-bond acceptors (Lipinski definition) is 4. The fraction of sp³-hybridized carbons (Fsp3) is 0.600. The topological polar surface area (TPSA) is 59.8 Å². The van der Waals surface area contributed by atoms with Gasteiger partial charge in [-0.3, -0.25) is 9.59 Å². The molecule has 0 N–H and O–H groups in total. The molecule has 1 atom stereocenters. The quantitative estimate of drug-likeness (QED) is 0.575. The third-order valence-electron chi connectivity index (χ3n) is 4.81. The molecule has 1 amide bonds. The van der Waals surface area contributed by atoms with Crippen LogP contribution < -0.4 is 0 Å². The molecule has 1 aromatic heterocycles. The van der Waals surface area contributed by atoms with E-state index in [1.807, 2.05) is 11.8 Å². The Hall–Kier alpha value is -2.04. The molecule has 25 heavy (non-hydrogen) atoms. The van der Waals surface area contributed by atoms with E-state index in [0.717, 1.165) is 25.7 Å². The molecule has 1 aromatic rings. The Morgan fingerprint density at radius 2 is 1.96 bits per heavy atom. The first-order valence-electron chi connectivity index (χ1n) is 9.22. The minimum Gasteiger partial charge on any atom is -0.469 e. The van der Waals surface area contributed by atoms with Gasteiger partial charge in [-0.15, -0.1) is 0 Å². The number of methoxy groups -OCH3 is 1. The van der Waals surface area contributed by atoms with Crippen molar-refractivity contribution >= 4 is 18.0 Å². The van der Waals surface area contributed by atoms with Gasteiger partial charge >= 0.3 is 5.97 Å². The number of carbonyl (C=O) groups excluding carboxylic acids is 2. The lowest BCUT2D eigenvalue weighted by molar-refractivity contribution is -0.146. The van der Waals surface area contributed by atoms with Crippen molar-refractivity contribution < 1.29 is 18.7 Å². The van der Waals surface area contributed by atoms with Crippen LogP contribution >= 0.6 is 0 Å². The number of nitrogens with zero attached hydrogens (tertiary/aromatic N) is 1. The van der Waals surface area contributed by atoms with Gasteiger partial charge in [0.1, 0.15) is 5.76 Å². The van der Waals surface area contributed by atoms with Crippen molar-refractivity contribution in [3.05, 3.63) is 30.2 Å². The second-order valence-corrected chi connectivity index (χ2v) is 6.76. The molecule has 1 aliphatic carbocycles. The maximum absolute atomic E-state index is 12.8. The lowest BCUT2D eigenvalue weighted by atomic mass is 9.94. The molecule has 5 heteroatoms. The Balaban J connectivity index is 2.11. The van der Waals surface area contributed by atoms with E-state index in [2.05, 4.69) is 0 Å². The number of ether oxygens (including phenoxy) is 1. The summed E-state index contributed by atoms with van der Waals surface area (Å²) in [6.45, 7) is 2.20. The van der Waals surface area contributed by atoms with E-state index >= 15 is 0 Å². The van der Waals surface area contributed by atoms with Crippen LogP contribution in [0.2, 0.25) is 0 Å². The number of amides is 1. The van der Waals surface area contributed by atoms with Gasteiger partial charge in [0.15, 0.2) is 0 Å². The maximum Gasteiger partial charge on any atom is 0.310 e. The first-order valence-corrected chi connectivity index (χ1v) is 9.22. The van der Waals surface area contributed by atoms with Crippen molar-refractivity contribution in [1.29, 1.82) is 0 Å². The Labute approximate surface area is 150 Å². The summed E-state index contributed by atoms with van der Waals surface area (Å²) in [6.07, 6.45) is 12.8. The first kappa shape index (κ1) is 19.3. The molecule has 0 aromatic carbocycles. The van der Waals surface area contributed by atoms with Gasteiger partial charge in [0.2, 0.25) is 5.91 Å². The Morgan fingerprint density at radius 3 is 2.56 bits per heavy atom. The standard InChI is InChI=1S/C20H29NO4/c1-16(20(23)24-2)15-21(17-9-6-4-3-5-7-10-17)19(22)13-12-18-11-8-14-25-18/h8,11-14,16-17H,3-7,9-10,15H2,1-2H3/b13-12+. The van der Waals surface area contributed by atoms with Crippen LogP contribution in [0.25, 0.3) is 6.08 Å². The molecule has 0 radical (unpaired) electrons. The summed E-state index contributed by atoms with van der Waals surface area (Å²) in [6, 6.07) is 3.78. The van der Waals surface area contributed by atoms with Gasteiger partial charge in [-0.25, -0.2) is 0 Å². The van der Waals surface area contributed by atoms with Crippen LogP contribution in [0.4, 0.5) is 0 Å². The van der Waals surface area contributed by atoms with Crippen LogP contribution in [-0.4, -0.2) is 36.5 Å². The largest absolute Gasteiger partial charge is 0.469 e. The lowest BCUT2D eigenvalue weighted by Gasteiger charge is -2.33. The van der Waals surface area contributed by atoms with E-state index in [-0.39, 0.29) is 23.8 Å². The van der Waals surface area contributed by atoms with Gasteiger partial charge in [0.25, 0.3) is 0 Å². The molecule has 1 aliphatic rings. The maximum atomic E-state index is 12.8. The van der Waals surface area contributed by atoms with Crippen molar-refractivity contribution in [2.75, 3.05) is 13.7 Å². The van der Waals surface area contributed by atoms with Crippen LogP contribution in [0.5, 0.6) is 0 Å². The fourth-order valence-corrected chi connectivity index (χ4v) is 3.37. The van der Waals surface area contributed by atoms with Crippen LogP contribution in [-0.2, 0) is 14.3 Å². The van der Waals surface area contributed by atoms with Crippen molar-refractivity contribution in [2.45, 2.75) is 57.9 Å². The van der Waals surface area contributed by atoms with E-state index in [1.54, 1.807) is 30.5 Å². The Kier molecular flexibility index (Phi) is 7.76. The van der Waals surface area contributed by atoms with Crippen LogP contribution in [0, 0.1) is 5.92 Å². The van der Waals surface area contributed by atoms with Gasteiger partial charge in [0.05, 0.1) is 19.3 Å². The van der Waals surface area contributed by atoms with Crippen LogP contribution in [0.3, 0.4) is 0 Å². The molecule has 2 rings (SSSR count). The average molecular weight is 347 g/mol. The van der Waals surface area contributed by atoms with E-state index in [9.17, 15) is 9.59 Å². The number of esters is 1. The molecule has 138 valence electrons. The molecule has 5 nitrogen and oxygen atoms in total. The Morgan fingerprint density at radius 1 is 1.28 bits per heavy atom. The molecule has 1 heterocycles. The van der Waals surface area contributed by atoms with Gasteiger partial charge in [-0.1, -0.05) is 39.0 Å². The van der Waals surface area contributed by atoms with Gasteiger partial charge in [0, 0.05) is 18.7 Å². The number of hydrogen-bond donors (Lipinski definition) is 0. The summed E-state index contributed by atoms with van der Waals surface area (Å²) in [4.78, 5) is 26.5. The average Bonchev–Trinajstić information content (AvgIpc) is 3.10. The zero-order chi connectivity index (χ0) is 18.1. The highest BCUT2D eigenvalue weighted by molar-refractivity contribution is 5.92. The molecule has 1 fully saturated rings. The second-order valence-electron chi connectivity index (χ2n) is 6.76. The van der Waals surface area contributed by atoms with Crippen molar-refractivity contribution in [1.82, 2.24) is 4.90 Å². The highest BCUT2D eigenvalue weighted by atomic mass is 16.5. The number of carbonyl (C=O) groups is 2. The lowest BCUT2D eigenvalue weighted by Crippen LogP contribution is -2.43. The van der Waals surface area contributed by atoms with E-state index in [1.165, 1.54) is 26.4 Å². The summed E-state index contributed by atoms with van der Waals surface area (Å²) in [5.74, 6) is -0.0419. The van der Waals surface area contributed by atoms with Gasteiger partial charge in [-0.05, 0) is 31.1 Å². The number of rotatable bonds is 6. The molecule has 0 bridgehead atoms. The molecule has 0 spiro atoms. The van der Waals surface area contributed by atoms with E-state index in [4.69, 9.17) is 9.15 Å². The monoisotopic (exact) mass is 347 g/mol. The van der Waals surface area contributed by atoms with Gasteiger partial charge < -0.3 is 14.1 Å². The predicted octanol–water partition coefficient (Wildman–Crippen LogP) is 4.04. The summed E-state index contributed by atoms with van der Waals surface area (Å²) < 4.78 is 10.1. The highest BCUT2D eigenvalue weighted by Gasteiger charge is 2.27. The molecule has 0 aliphatic heterocycles. The van der Waals surface area contributed by atoms with Crippen LogP contribution in [0.15, 0.2) is 28.9 Å². The summed E-state index contributed by atoms with van der Waals surface area (Å²) in [5, 5.41) is 0. The normalized spacial score (nSPS) is 17.7. The third-order valence-corrected chi connectivity index (χ3v) is 4.81. The molecule has 1 unspecified atom stereocenters. The number of furan rings is 1. The molecule has 1 saturated carbocycles. The van der Waals surface area contributed by atoms with Gasteiger partial charge in [-0.2, -0.15) is 0 Å². The van der Waals surface area contributed by atoms with Crippen molar-refractivity contribution in [3.63, 3.8) is 0 Å². The van der Waals surface area contributed by atoms with Crippen molar-refractivity contribution in [2.24, 2.45) is 5.92 Å². The molecule has 0 saturated heterocycles. The van der Waals surface area contributed by atoms with Crippen LogP contribution in [0.1, 0.15) is 57.6 Å². The Bertz CT molecular complexity index is 556. The van der Waals surface area contributed by atoms with E-state index in [0.29, 0.717) is 12.3 Å². The minimum absolute atomic E-state index is 0.0715. The second kappa shape index (κ2) is 10.1. The first-order chi connectivity index (χ1) is 12.1. The highest BCUT2D eigenvalue weighted by Crippen LogP contribution is 2.23. The zero-order valence-corrected chi connectivity index (χ0v) is 15.3. The third kappa shape index (κ3) is 6.07. The summed E-state index contributed by atoms with van der Waals surface area (Å²) >= 11 is 0. The van der Waals surface area contributed by atoms with E-state index < -0.39 is 0 Å². The predicted molar refractivity (Wildman–Crippen MR) is 96.7 cm³/mol. The minimum atomic E-state index is -0.337. The summed E-state index contributed by atoms with van der Waals surface area (Å²) in [7, 11) is 1.39. The molecular formula is C20H29NO4. The fourth-order valence-electron chi connectivity index (χ4n) is 3.37. The zero-order valence-electron chi connectivity index (χ0n) is 15.3. The van der Waals surface area contributed by atoms with Crippen molar-refractivity contribution in [3.8, 4) is 0 Å². The smallest absolute Gasteiger partial charge is 0.310 e. The molecular weight excluding hydrogens is 318 g/mol. The SMILES string of the molecule is COC(=O)C(C)CN(C(=O)/C=C/c1ccco1)C1CCCCCCC1. The summed E-state index contributed by atoms with van der Waals surface area (Å²) in [5.41, 5.74) is 0.